The molecule has 1 aliphatic rings. The van der Waals surface area contributed by atoms with Crippen LogP contribution in [0.4, 0.5) is 14.9 Å². The van der Waals surface area contributed by atoms with Crippen molar-refractivity contribution in [1.29, 1.82) is 0 Å². The summed E-state index contributed by atoms with van der Waals surface area (Å²) in [4.78, 5) is 12.1. The predicted octanol–water partition coefficient (Wildman–Crippen LogP) is 0.900. The Kier molecular flexibility index (Phi) is 3.75. The lowest BCUT2D eigenvalue weighted by Gasteiger charge is -2.18. The average Bonchev–Trinajstić information content (AvgIpc) is 2.77. The first kappa shape index (κ1) is 13.4. The van der Waals surface area contributed by atoms with Crippen LogP contribution in [0.1, 0.15) is 6.42 Å². The van der Waals surface area contributed by atoms with Crippen molar-refractivity contribution < 1.29 is 24.1 Å². The Morgan fingerprint density at radius 3 is 2.89 bits per heavy atom. The second-order valence-corrected chi connectivity index (χ2v) is 4.43. The molecule has 1 aromatic rings. The fourth-order valence-electron chi connectivity index (χ4n) is 2.16. The Bertz CT molecular complexity index is 483. The van der Waals surface area contributed by atoms with Crippen LogP contribution in [0.25, 0.3) is 0 Å². The van der Waals surface area contributed by atoms with Gasteiger partial charge in [0.05, 0.1) is 24.9 Å². The molecule has 104 valence electrons. The zero-order valence-electron chi connectivity index (χ0n) is 10.1. The van der Waals surface area contributed by atoms with Crippen LogP contribution in [0.5, 0.6) is 5.75 Å². The normalized spacial score (nSPS) is 22.5. The Balaban J connectivity index is 2.08. The van der Waals surface area contributed by atoms with Crippen molar-refractivity contribution in [2.24, 2.45) is 0 Å². The third kappa shape index (κ3) is 2.87. The van der Waals surface area contributed by atoms with Crippen molar-refractivity contribution in [3.8, 4) is 5.75 Å². The molecule has 1 amide bonds. The highest BCUT2D eigenvalue weighted by atomic mass is 19.1. The van der Waals surface area contributed by atoms with Crippen LogP contribution in [-0.2, 0) is 0 Å². The smallest absolute Gasteiger partial charge is 0.407 e. The lowest BCUT2D eigenvalue weighted by Crippen LogP contribution is -2.36. The van der Waals surface area contributed by atoms with E-state index in [9.17, 15) is 9.18 Å². The van der Waals surface area contributed by atoms with Gasteiger partial charge in [0.2, 0.25) is 0 Å². The number of nitrogen functional groups attached to an aromatic ring is 1. The lowest BCUT2D eigenvalue weighted by atomic mass is 10.2. The SMILES string of the molecule is Nc1ccc(F)cc1OC1CC(CO)N(C(=O)O)C1. The third-order valence-electron chi connectivity index (χ3n) is 3.10. The fourth-order valence-corrected chi connectivity index (χ4v) is 2.16. The number of ether oxygens (including phenoxy) is 1. The Labute approximate surface area is 109 Å². The minimum atomic E-state index is -1.11. The maximum Gasteiger partial charge on any atom is 0.407 e. The van der Waals surface area contributed by atoms with E-state index in [0.717, 1.165) is 11.0 Å². The predicted molar refractivity (Wildman–Crippen MR) is 65.5 cm³/mol. The van der Waals surface area contributed by atoms with Gasteiger partial charge in [-0.1, -0.05) is 0 Å². The Morgan fingerprint density at radius 1 is 1.58 bits per heavy atom. The number of nitrogens with zero attached hydrogens (tertiary/aromatic N) is 1. The zero-order valence-corrected chi connectivity index (χ0v) is 10.1. The molecule has 7 heteroatoms. The van der Waals surface area contributed by atoms with Crippen molar-refractivity contribution in [3.05, 3.63) is 24.0 Å². The standard InChI is InChI=1S/C12H15FN2O4/c13-7-1-2-10(14)11(3-7)19-9-4-8(6-16)15(5-9)12(17)18/h1-3,8-9,16H,4-6,14H2,(H,17,18). The van der Waals surface area contributed by atoms with E-state index in [2.05, 4.69) is 0 Å². The van der Waals surface area contributed by atoms with E-state index < -0.39 is 24.1 Å². The number of aliphatic hydroxyl groups excluding tert-OH is 1. The van der Waals surface area contributed by atoms with Crippen LogP contribution in [0.3, 0.4) is 0 Å². The van der Waals surface area contributed by atoms with E-state index in [4.69, 9.17) is 20.7 Å². The zero-order chi connectivity index (χ0) is 14.0. The van der Waals surface area contributed by atoms with Crippen molar-refractivity contribution in [2.75, 3.05) is 18.9 Å². The number of hydrogen-bond donors (Lipinski definition) is 3. The van der Waals surface area contributed by atoms with Crippen LogP contribution >= 0.6 is 0 Å². The van der Waals surface area contributed by atoms with Crippen molar-refractivity contribution in [2.45, 2.75) is 18.6 Å². The molecule has 1 heterocycles. The van der Waals surface area contributed by atoms with Gasteiger partial charge in [0.15, 0.2) is 0 Å². The van der Waals surface area contributed by atoms with Crippen LogP contribution in [0.2, 0.25) is 0 Å². The van der Waals surface area contributed by atoms with E-state index >= 15 is 0 Å². The first-order valence-corrected chi connectivity index (χ1v) is 5.83. The summed E-state index contributed by atoms with van der Waals surface area (Å²) in [5, 5.41) is 18.1. The van der Waals surface area contributed by atoms with Gasteiger partial charge in [0.1, 0.15) is 17.7 Å². The quantitative estimate of drug-likeness (QED) is 0.709. The number of halogens is 1. The minimum Gasteiger partial charge on any atom is -0.486 e. The molecule has 1 fully saturated rings. The van der Waals surface area contributed by atoms with Crippen LogP contribution < -0.4 is 10.5 Å². The molecule has 0 spiro atoms. The number of benzene rings is 1. The van der Waals surface area contributed by atoms with E-state index in [1.807, 2.05) is 0 Å². The number of anilines is 1. The minimum absolute atomic E-state index is 0.122. The van der Waals surface area contributed by atoms with Crippen molar-refractivity contribution in [3.63, 3.8) is 0 Å². The van der Waals surface area contributed by atoms with E-state index in [-0.39, 0.29) is 24.6 Å². The van der Waals surface area contributed by atoms with E-state index in [1.165, 1.54) is 12.1 Å². The molecule has 0 aromatic heterocycles. The molecule has 1 aromatic carbocycles. The molecule has 19 heavy (non-hydrogen) atoms. The lowest BCUT2D eigenvalue weighted by molar-refractivity contribution is 0.116. The number of rotatable bonds is 3. The molecule has 2 unspecified atom stereocenters. The number of hydrogen-bond acceptors (Lipinski definition) is 4. The molecule has 1 aliphatic heterocycles. The van der Waals surface area contributed by atoms with Gasteiger partial charge in [-0.25, -0.2) is 9.18 Å². The van der Waals surface area contributed by atoms with Gasteiger partial charge < -0.3 is 20.7 Å². The number of carboxylic acid groups (broad SMARTS) is 1. The first-order chi connectivity index (χ1) is 9.01. The van der Waals surface area contributed by atoms with Crippen LogP contribution in [0.15, 0.2) is 18.2 Å². The van der Waals surface area contributed by atoms with Gasteiger partial charge in [0, 0.05) is 12.5 Å². The summed E-state index contributed by atoms with van der Waals surface area (Å²) in [5.41, 5.74) is 5.95. The molecule has 0 radical (unpaired) electrons. The van der Waals surface area contributed by atoms with Gasteiger partial charge in [-0.3, -0.25) is 4.90 Å². The van der Waals surface area contributed by atoms with Gasteiger partial charge in [-0.05, 0) is 12.1 Å². The maximum absolute atomic E-state index is 13.1. The summed E-state index contributed by atoms with van der Waals surface area (Å²) >= 11 is 0. The van der Waals surface area contributed by atoms with E-state index in [1.54, 1.807) is 0 Å². The summed E-state index contributed by atoms with van der Waals surface area (Å²) in [6, 6.07) is 3.26. The summed E-state index contributed by atoms with van der Waals surface area (Å²) < 4.78 is 18.6. The molecular formula is C12H15FN2O4. The highest BCUT2D eigenvalue weighted by Crippen LogP contribution is 2.27. The monoisotopic (exact) mass is 270 g/mol. The number of carbonyl (C=O) groups is 1. The number of nitrogens with two attached hydrogens (primary N) is 1. The Hall–Kier alpha value is -2.02. The second kappa shape index (κ2) is 5.31. The molecule has 0 saturated carbocycles. The molecule has 4 N–H and O–H groups in total. The summed E-state index contributed by atoms with van der Waals surface area (Å²) in [6.07, 6.45) is -1.21. The highest BCUT2D eigenvalue weighted by molar-refractivity contribution is 5.66. The van der Waals surface area contributed by atoms with Crippen LogP contribution in [-0.4, -0.2) is 46.5 Å². The molecule has 2 rings (SSSR count). The largest absolute Gasteiger partial charge is 0.486 e. The topological polar surface area (TPSA) is 96.0 Å². The number of likely N-dealkylation sites (tertiary alicyclic amines) is 1. The number of amides is 1. The maximum atomic E-state index is 13.1. The summed E-state index contributed by atoms with van der Waals surface area (Å²) in [5.74, 6) is -0.287. The van der Waals surface area contributed by atoms with Gasteiger partial charge in [0.25, 0.3) is 0 Å². The van der Waals surface area contributed by atoms with Gasteiger partial charge in [-0.15, -0.1) is 0 Å². The molecule has 0 aliphatic carbocycles. The van der Waals surface area contributed by atoms with Crippen molar-refractivity contribution >= 4 is 11.8 Å². The summed E-state index contributed by atoms with van der Waals surface area (Å²) in [7, 11) is 0. The summed E-state index contributed by atoms with van der Waals surface area (Å²) in [6.45, 7) is -0.151. The average molecular weight is 270 g/mol. The van der Waals surface area contributed by atoms with Crippen molar-refractivity contribution in [1.82, 2.24) is 4.90 Å². The molecular weight excluding hydrogens is 255 g/mol. The van der Waals surface area contributed by atoms with Crippen LogP contribution in [0, 0.1) is 5.82 Å². The molecule has 0 bridgehead atoms. The fraction of sp³-hybridized carbons (Fsp3) is 0.417. The van der Waals surface area contributed by atoms with Gasteiger partial charge in [-0.2, -0.15) is 0 Å². The third-order valence-corrected chi connectivity index (χ3v) is 3.10. The molecule has 1 saturated heterocycles. The number of aliphatic hydroxyl groups is 1. The highest BCUT2D eigenvalue weighted by Gasteiger charge is 2.36. The Morgan fingerprint density at radius 2 is 2.32 bits per heavy atom. The van der Waals surface area contributed by atoms with Gasteiger partial charge >= 0.3 is 6.09 Å². The second-order valence-electron chi connectivity index (χ2n) is 4.43. The molecule has 2 atom stereocenters. The van der Waals surface area contributed by atoms with E-state index in [0.29, 0.717) is 6.42 Å². The first-order valence-electron chi connectivity index (χ1n) is 5.83. The molecule has 6 nitrogen and oxygen atoms in total.